The SMILES string of the molecule is CCN(CC)CCNCCN1CCCC1C1CCCC1. The molecule has 20 heavy (non-hydrogen) atoms. The van der Waals surface area contributed by atoms with E-state index in [1.165, 1.54) is 77.8 Å². The molecule has 0 aromatic heterocycles. The molecule has 0 spiro atoms. The molecule has 1 atom stereocenters. The Kier molecular flexibility index (Phi) is 7.32. The van der Waals surface area contributed by atoms with E-state index in [-0.39, 0.29) is 0 Å². The number of likely N-dealkylation sites (tertiary alicyclic amines) is 1. The van der Waals surface area contributed by atoms with Crippen molar-refractivity contribution < 1.29 is 0 Å². The van der Waals surface area contributed by atoms with E-state index in [1.54, 1.807) is 0 Å². The van der Waals surface area contributed by atoms with Gasteiger partial charge in [0, 0.05) is 32.2 Å². The van der Waals surface area contributed by atoms with E-state index in [4.69, 9.17) is 0 Å². The highest BCUT2D eigenvalue weighted by Gasteiger charge is 2.32. The standard InChI is InChI=1S/C17H35N3/c1-3-19(4-2)14-11-18-12-15-20-13-7-10-17(20)16-8-5-6-9-16/h16-18H,3-15H2,1-2H3. The van der Waals surface area contributed by atoms with Gasteiger partial charge in [-0.1, -0.05) is 26.7 Å². The minimum atomic E-state index is 0.919. The van der Waals surface area contributed by atoms with Crippen LogP contribution >= 0.6 is 0 Å². The molecule has 1 heterocycles. The first-order valence-electron chi connectivity index (χ1n) is 9.02. The molecule has 2 fully saturated rings. The minimum absolute atomic E-state index is 0.919. The van der Waals surface area contributed by atoms with Crippen molar-refractivity contribution in [2.45, 2.75) is 58.4 Å². The Hall–Kier alpha value is -0.120. The lowest BCUT2D eigenvalue weighted by Crippen LogP contribution is -2.40. The van der Waals surface area contributed by atoms with E-state index in [2.05, 4.69) is 29.0 Å². The highest BCUT2D eigenvalue weighted by Crippen LogP contribution is 2.34. The lowest BCUT2D eigenvalue weighted by atomic mass is 9.96. The van der Waals surface area contributed by atoms with Crippen molar-refractivity contribution >= 4 is 0 Å². The average molecular weight is 281 g/mol. The molecule has 1 saturated heterocycles. The molecule has 0 bridgehead atoms. The average Bonchev–Trinajstić information content (AvgIpc) is 3.13. The Morgan fingerprint density at radius 1 is 1.00 bits per heavy atom. The van der Waals surface area contributed by atoms with Gasteiger partial charge in [-0.2, -0.15) is 0 Å². The van der Waals surface area contributed by atoms with E-state index in [9.17, 15) is 0 Å². The maximum atomic E-state index is 3.64. The number of hydrogen-bond acceptors (Lipinski definition) is 3. The first-order chi connectivity index (χ1) is 9.85. The van der Waals surface area contributed by atoms with Crippen molar-refractivity contribution in [2.24, 2.45) is 5.92 Å². The number of nitrogens with zero attached hydrogens (tertiary/aromatic N) is 2. The molecule has 3 heteroatoms. The van der Waals surface area contributed by atoms with Crippen molar-refractivity contribution in [3.8, 4) is 0 Å². The zero-order valence-electron chi connectivity index (χ0n) is 13.7. The molecule has 1 saturated carbocycles. The third-order valence-corrected chi connectivity index (χ3v) is 5.43. The van der Waals surface area contributed by atoms with Crippen molar-refractivity contribution in [3.63, 3.8) is 0 Å². The number of nitrogens with one attached hydrogen (secondary N) is 1. The van der Waals surface area contributed by atoms with Crippen LogP contribution in [0, 0.1) is 5.92 Å². The fraction of sp³-hybridized carbons (Fsp3) is 1.00. The fourth-order valence-corrected chi connectivity index (χ4v) is 4.13. The van der Waals surface area contributed by atoms with E-state index in [0.717, 1.165) is 18.5 Å². The minimum Gasteiger partial charge on any atom is -0.314 e. The van der Waals surface area contributed by atoms with Crippen molar-refractivity contribution in [3.05, 3.63) is 0 Å². The predicted octanol–water partition coefficient (Wildman–Crippen LogP) is 2.57. The van der Waals surface area contributed by atoms with Gasteiger partial charge in [0.2, 0.25) is 0 Å². The van der Waals surface area contributed by atoms with Crippen molar-refractivity contribution in [1.29, 1.82) is 0 Å². The van der Waals surface area contributed by atoms with Crippen LogP contribution in [-0.4, -0.2) is 61.7 Å². The summed E-state index contributed by atoms with van der Waals surface area (Å²) in [4.78, 5) is 5.27. The summed E-state index contributed by atoms with van der Waals surface area (Å²) < 4.78 is 0. The Labute approximate surface area is 126 Å². The molecule has 2 aliphatic rings. The normalized spacial score (nSPS) is 25.1. The lowest BCUT2D eigenvalue weighted by Gasteiger charge is -2.29. The molecule has 1 unspecified atom stereocenters. The zero-order valence-corrected chi connectivity index (χ0v) is 13.7. The molecular formula is C17H35N3. The van der Waals surface area contributed by atoms with Gasteiger partial charge >= 0.3 is 0 Å². The molecule has 0 aromatic rings. The van der Waals surface area contributed by atoms with Crippen LogP contribution in [0.5, 0.6) is 0 Å². The van der Waals surface area contributed by atoms with Gasteiger partial charge in [0.25, 0.3) is 0 Å². The van der Waals surface area contributed by atoms with Gasteiger partial charge in [-0.25, -0.2) is 0 Å². The topological polar surface area (TPSA) is 18.5 Å². The van der Waals surface area contributed by atoms with Crippen LogP contribution in [0.2, 0.25) is 0 Å². The second-order valence-electron chi connectivity index (χ2n) is 6.57. The van der Waals surface area contributed by atoms with Gasteiger partial charge in [-0.05, 0) is 51.2 Å². The molecule has 2 rings (SSSR count). The quantitative estimate of drug-likeness (QED) is 0.655. The van der Waals surface area contributed by atoms with Crippen molar-refractivity contribution in [1.82, 2.24) is 15.1 Å². The smallest absolute Gasteiger partial charge is 0.0124 e. The molecule has 1 aliphatic carbocycles. The van der Waals surface area contributed by atoms with Crippen LogP contribution in [0.3, 0.4) is 0 Å². The van der Waals surface area contributed by atoms with Crippen LogP contribution in [0.15, 0.2) is 0 Å². The Bertz CT molecular complexity index is 247. The summed E-state index contributed by atoms with van der Waals surface area (Å²) in [5.41, 5.74) is 0. The predicted molar refractivity (Wildman–Crippen MR) is 87.2 cm³/mol. The summed E-state index contributed by atoms with van der Waals surface area (Å²) in [7, 11) is 0. The Morgan fingerprint density at radius 3 is 2.45 bits per heavy atom. The van der Waals surface area contributed by atoms with Gasteiger partial charge < -0.3 is 10.2 Å². The summed E-state index contributed by atoms with van der Waals surface area (Å²) >= 11 is 0. The number of rotatable bonds is 9. The molecule has 0 radical (unpaired) electrons. The highest BCUT2D eigenvalue weighted by molar-refractivity contribution is 4.87. The first kappa shape index (κ1) is 16.3. The molecule has 0 amide bonds. The first-order valence-corrected chi connectivity index (χ1v) is 9.02. The molecule has 1 N–H and O–H groups in total. The monoisotopic (exact) mass is 281 g/mol. The lowest BCUT2D eigenvalue weighted by molar-refractivity contribution is 0.190. The van der Waals surface area contributed by atoms with Gasteiger partial charge in [-0.15, -0.1) is 0 Å². The van der Waals surface area contributed by atoms with Gasteiger partial charge in [0.15, 0.2) is 0 Å². The summed E-state index contributed by atoms with van der Waals surface area (Å²) in [6.45, 7) is 13.0. The summed E-state index contributed by atoms with van der Waals surface area (Å²) in [5.74, 6) is 1.02. The molecule has 1 aliphatic heterocycles. The third kappa shape index (κ3) is 4.71. The van der Waals surface area contributed by atoms with Crippen LogP contribution in [-0.2, 0) is 0 Å². The highest BCUT2D eigenvalue weighted by atomic mass is 15.2. The van der Waals surface area contributed by atoms with E-state index in [1.807, 2.05) is 0 Å². The van der Waals surface area contributed by atoms with E-state index < -0.39 is 0 Å². The molecule has 118 valence electrons. The third-order valence-electron chi connectivity index (χ3n) is 5.43. The van der Waals surface area contributed by atoms with Crippen LogP contribution in [0.4, 0.5) is 0 Å². The second kappa shape index (κ2) is 9.01. The summed E-state index contributed by atoms with van der Waals surface area (Å²) in [6, 6.07) is 0.919. The van der Waals surface area contributed by atoms with Gasteiger partial charge in [-0.3, -0.25) is 4.90 Å². The van der Waals surface area contributed by atoms with E-state index >= 15 is 0 Å². The largest absolute Gasteiger partial charge is 0.314 e. The summed E-state index contributed by atoms with van der Waals surface area (Å²) in [5, 5.41) is 3.64. The fourth-order valence-electron chi connectivity index (χ4n) is 4.13. The molecule has 0 aromatic carbocycles. The van der Waals surface area contributed by atoms with E-state index in [0.29, 0.717) is 0 Å². The van der Waals surface area contributed by atoms with Crippen LogP contribution in [0.25, 0.3) is 0 Å². The second-order valence-corrected chi connectivity index (χ2v) is 6.57. The Morgan fingerprint density at radius 2 is 1.75 bits per heavy atom. The van der Waals surface area contributed by atoms with Crippen molar-refractivity contribution in [2.75, 3.05) is 45.8 Å². The van der Waals surface area contributed by atoms with Gasteiger partial charge in [0.05, 0.1) is 0 Å². The van der Waals surface area contributed by atoms with Crippen LogP contribution in [0.1, 0.15) is 52.4 Å². The molecular weight excluding hydrogens is 246 g/mol. The summed E-state index contributed by atoms with van der Waals surface area (Å²) in [6.07, 6.45) is 8.85. The maximum absolute atomic E-state index is 3.64. The van der Waals surface area contributed by atoms with Gasteiger partial charge in [0.1, 0.15) is 0 Å². The Balaban J connectivity index is 1.58. The number of likely N-dealkylation sites (N-methyl/N-ethyl adjacent to an activating group) is 1. The maximum Gasteiger partial charge on any atom is 0.0124 e. The zero-order chi connectivity index (χ0) is 14.2. The number of hydrogen-bond donors (Lipinski definition) is 1. The van der Waals surface area contributed by atoms with Crippen LogP contribution < -0.4 is 5.32 Å². The molecule has 3 nitrogen and oxygen atoms in total.